The van der Waals surface area contributed by atoms with Gasteiger partial charge >= 0.3 is 0 Å². The van der Waals surface area contributed by atoms with E-state index in [4.69, 9.17) is 24.3 Å². The molecule has 0 aliphatic carbocycles. The predicted octanol–water partition coefficient (Wildman–Crippen LogP) is 4.43. The SMILES string of the molecule is CC1(C)O[C@H]2[C@H](n3cc(-c4ccccc4)c4cnc(Nc5ccc(CCO)cc5)nc43)OC[C@H]2O1. The lowest BCUT2D eigenvalue weighted by atomic mass is 10.1. The van der Waals surface area contributed by atoms with Gasteiger partial charge in [-0.25, -0.2) is 4.98 Å². The smallest absolute Gasteiger partial charge is 0.229 e. The van der Waals surface area contributed by atoms with Crippen LogP contribution in [0.2, 0.25) is 0 Å². The summed E-state index contributed by atoms with van der Waals surface area (Å²) in [5.74, 6) is -0.156. The van der Waals surface area contributed by atoms with Gasteiger partial charge in [0.15, 0.2) is 12.0 Å². The van der Waals surface area contributed by atoms with Gasteiger partial charge in [0.05, 0.1) is 6.61 Å². The molecule has 0 spiro atoms. The molecule has 4 heterocycles. The quantitative estimate of drug-likeness (QED) is 0.429. The van der Waals surface area contributed by atoms with Gasteiger partial charge in [0.1, 0.15) is 17.9 Å². The number of aliphatic hydroxyl groups is 1. The Morgan fingerprint density at radius 1 is 1.09 bits per heavy atom. The van der Waals surface area contributed by atoms with Crippen molar-refractivity contribution in [2.75, 3.05) is 18.5 Å². The van der Waals surface area contributed by atoms with Crippen LogP contribution < -0.4 is 5.32 Å². The molecular weight excluding hydrogens is 444 g/mol. The van der Waals surface area contributed by atoms with Crippen LogP contribution in [0.3, 0.4) is 0 Å². The average Bonchev–Trinajstić information content (AvgIpc) is 3.50. The number of aliphatic hydroxyl groups excluding tert-OH is 1. The molecule has 4 aromatic rings. The highest BCUT2D eigenvalue weighted by atomic mass is 16.8. The Kier molecular flexibility index (Phi) is 5.53. The zero-order valence-electron chi connectivity index (χ0n) is 19.7. The number of ether oxygens (including phenoxy) is 3. The maximum absolute atomic E-state index is 9.15. The van der Waals surface area contributed by atoms with Crippen molar-refractivity contribution in [1.82, 2.24) is 14.5 Å². The van der Waals surface area contributed by atoms with Gasteiger partial charge in [0.25, 0.3) is 0 Å². The number of hydrogen-bond donors (Lipinski definition) is 2. The van der Waals surface area contributed by atoms with E-state index in [1.54, 1.807) is 0 Å². The fourth-order valence-electron chi connectivity index (χ4n) is 4.90. The zero-order valence-corrected chi connectivity index (χ0v) is 19.7. The molecule has 8 nitrogen and oxygen atoms in total. The summed E-state index contributed by atoms with van der Waals surface area (Å²) >= 11 is 0. The number of fused-ring (bicyclic) bond motifs is 2. The van der Waals surface area contributed by atoms with Crippen LogP contribution in [-0.4, -0.2) is 50.9 Å². The van der Waals surface area contributed by atoms with Crippen molar-refractivity contribution in [2.24, 2.45) is 0 Å². The molecule has 0 saturated carbocycles. The van der Waals surface area contributed by atoms with E-state index < -0.39 is 5.79 Å². The summed E-state index contributed by atoms with van der Waals surface area (Å²) in [6.45, 7) is 4.46. The Balaban J connectivity index is 1.40. The highest BCUT2D eigenvalue weighted by molar-refractivity contribution is 5.94. The zero-order chi connectivity index (χ0) is 24.0. The van der Waals surface area contributed by atoms with Gasteiger partial charge in [0.2, 0.25) is 5.95 Å². The van der Waals surface area contributed by atoms with Crippen LogP contribution in [0.1, 0.15) is 25.6 Å². The minimum Gasteiger partial charge on any atom is -0.396 e. The number of aromatic nitrogens is 3. The molecule has 6 rings (SSSR count). The summed E-state index contributed by atoms with van der Waals surface area (Å²) < 4.78 is 20.5. The number of anilines is 2. The standard InChI is InChI=1S/C27H28N4O4/c1-27(2)34-22-16-33-25(23(22)35-27)31-15-21(18-6-4-3-5-7-18)20-14-28-26(30-24(20)31)29-19-10-8-17(9-11-19)12-13-32/h3-11,14-15,22-23,25,32H,12-13,16H2,1-2H3,(H,28,29,30)/t22-,23-,25-/m1/s1. The molecule has 2 aromatic heterocycles. The predicted molar refractivity (Wildman–Crippen MR) is 132 cm³/mol. The van der Waals surface area contributed by atoms with Crippen LogP contribution in [0, 0.1) is 0 Å². The Morgan fingerprint density at radius 2 is 1.89 bits per heavy atom. The molecule has 0 bridgehead atoms. The molecule has 2 fully saturated rings. The summed E-state index contributed by atoms with van der Waals surface area (Å²) in [5.41, 5.74) is 4.82. The maximum atomic E-state index is 9.15. The van der Waals surface area contributed by atoms with Crippen LogP contribution >= 0.6 is 0 Å². The summed E-state index contributed by atoms with van der Waals surface area (Å²) in [7, 11) is 0. The molecule has 2 N–H and O–H groups in total. The minimum atomic E-state index is -0.646. The first-order valence-electron chi connectivity index (χ1n) is 11.9. The second-order valence-corrected chi connectivity index (χ2v) is 9.40. The first-order chi connectivity index (χ1) is 17.0. The topological polar surface area (TPSA) is 90.7 Å². The molecule has 0 unspecified atom stereocenters. The van der Waals surface area contributed by atoms with E-state index in [2.05, 4.69) is 28.6 Å². The monoisotopic (exact) mass is 472 g/mol. The van der Waals surface area contributed by atoms with Crippen molar-refractivity contribution >= 4 is 22.7 Å². The van der Waals surface area contributed by atoms with E-state index in [0.29, 0.717) is 19.0 Å². The largest absolute Gasteiger partial charge is 0.396 e. The van der Waals surface area contributed by atoms with Gasteiger partial charge in [-0.05, 0) is 43.5 Å². The number of benzene rings is 2. The molecule has 180 valence electrons. The average molecular weight is 473 g/mol. The van der Waals surface area contributed by atoms with Crippen LogP contribution in [0.5, 0.6) is 0 Å². The third-order valence-electron chi connectivity index (χ3n) is 6.47. The highest BCUT2D eigenvalue weighted by Crippen LogP contribution is 2.42. The van der Waals surface area contributed by atoms with E-state index >= 15 is 0 Å². The lowest BCUT2D eigenvalue weighted by molar-refractivity contribution is -0.183. The molecule has 3 atom stereocenters. The molecule has 0 amide bonds. The van der Waals surface area contributed by atoms with E-state index in [9.17, 15) is 0 Å². The Hall–Kier alpha value is -3.30. The Bertz CT molecular complexity index is 1340. The maximum Gasteiger partial charge on any atom is 0.229 e. The van der Waals surface area contributed by atoms with Gasteiger partial charge in [-0.3, -0.25) is 0 Å². The second kappa shape index (κ2) is 8.73. The van der Waals surface area contributed by atoms with E-state index in [-0.39, 0.29) is 25.0 Å². The van der Waals surface area contributed by atoms with Crippen LogP contribution in [0.15, 0.2) is 67.0 Å². The fraction of sp³-hybridized carbons (Fsp3) is 0.333. The molecule has 0 radical (unpaired) electrons. The highest BCUT2D eigenvalue weighted by Gasteiger charge is 2.51. The molecule has 2 aliphatic rings. The third-order valence-corrected chi connectivity index (χ3v) is 6.47. The van der Waals surface area contributed by atoms with Gasteiger partial charge in [-0.2, -0.15) is 4.98 Å². The number of hydrogen-bond acceptors (Lipinski definition) is 7. The summed E-state index contributed by atoms with van der Waals surface area (Å²) in [6.07, 6.45) is 3.85. The fourth-order valence-corrected chi connectivity index (χ4v) is 4.90. The van der Waals surface area contributed by atoms with Crippen molar-refractivity contribution in [3.8, 4) is 11.1 Å². The molecule has 2 saturated heterocycles. The molecule has 35 heavy (non-hydrogen) atoms. The van der Waals surface area contributed by atoms with Crippen LogP contribution in [0.25, 0.3) is 22.2 Å². The van der Waals surface area contributed by atoms with Gasteiger partial charge in [-0.15, -0.1) is 0 Å². The summed E-state index contributed by atoms with van der Waals surface area (Å²) in [4.78, 5) is 9.50. The summed E-state index contributed by atoms with van der Waals surface area (Å²) in [6, 6.07) is 18.1. The van der Waals surface area contributed by atoms with Gasteiger partial charge < -0.3 is 29.2 Å². The molecular formula is C27H28N4O4. The van der Waals surface area contributed by atoms with Crippen molar-refractivity contribution in [1.29, 1.82) is 0 Å². The lowest BCUT2D eigenvalue weighted by Gasteiger charge is -2.23. The molecule has 8 heteroatoms. The first-order valence-corrected chi connectivity index (χ1v) is 11.9. The van der Waals surface area contributed by atoms with E-state index in [0.717, 1.165) is 33.4 Å². The Morgan fingerprint density at radius 3 is 2.66 bits per heavy atom. The number of nitrogens with zero attached hydrogens (tertiary/aromatic N) is 3. The Labute approximate surface area is 203 Å². The normalized spacial score (nSPS) is 23.0. The number of rotatable bonds is 6. The van der Waals surface area contributed by atoms with E-state index in [1.165, 1.54) is 0 Å². The van der Waals surface area contributed by atoms with Crippen molar-refractivity contribution in [3.63, 3.8) is 0 Å². The van der Waals surface area contributed by atoms with Crippen molar-refractivity contribution in [2.45, 2.75) is 44.5 Å². The van der Waals surface area contributed by atoms with Gasteiger partial charge in [-0.1, -0.05) is 42.5 Å². The van der Waals surface area contributed by atoms with Gasteiger partial charge in [0, 0.05) is 35.6 Å². The van der Waals surface area contributed by atoms with E-state index in [1.807, 2.05) is 67.1 Å². The number of nitrogens with one attached hydrogen (secondary N) is 1. The summed E-state index contributed by atoms with van der Waals surface area (Å²) in [5, 5.41) is 13.4. The minimum absolute atomic E-state index is 0.121. The van der Waals surface area contributed by atoms with Crippen molar-refractivity contribution in [3.05, 3.63) is 72.6 Å². The third kappa shape index (κ3) is 4.19. The van der Waals surface area contributed by atoms with Crippen LogP contribution in [0.4, 0.5) is 11.6 Å². The second-order valence-electron chi connectivity index (χ2n) is 9.40. The first kappa shape index (κ1) is 22.2. The lowest BCUT2D eigenvalue weighted by Crippen LogP contribution is -2.27. The van der Waals surface area contributed by atoms with Crippen molar-refractivity contribution < 1.29 is 19.3 Å². The molecule has 2 aromatic carbocycles. The molecule has 2 aliphatic heterocycles. The van der Waals surface area contributed by atoms with Crippen LogP contribution in [-0.2, 0) is 20.6 Å².